The lowest BCUT2D eigenvalue weighted by Gasteiger charge is -2.31. The molecular weight excluding hydrogens is 325 g/mol. The van der Waals surface area contributed by atoms with Crippen molar-refractivity contribution >= 4 is 12.0 Å². The molecule has 24 heavy (non-hydrogen) atoms. The van der Waals surface area contributed by atoms with Gasteiger partial charge in [0.05, 0.1) is 17.5 Å². The van der Waals surface area contributed by atoms with Crippen LogP contribution in [0.2, 0.25) is 0 Å². The molecule has 1 atom stereocenters. The molecule has 5 nitrogen and oxygen atoms in total. The van der Waals surface area contributed by atoms with Crippen LogP contribution in [-0.4, -0.2) is 35.1 Å². The molecule has 0 unspecified atom stereocenters. The molecule has 2 N–H and O–H groups in total. The Bertz CT molecular complexity index is 594. The number of halogens is 3. The van der Waals surface area contributed by atoms with E-state index in [9.17, 15) is 22.8 Å². The molecule has 0 saturated carbocycles. The highest BCUT2D eigenvalue weighted by atomic mass is 19.4. The molecule has 1 fully saturated rings. The summed E-state index contributed by atoms with van der Waals surface area (Å²) in [5, 5.41) is 11.7. The van der Waals surface area contributed by atoms with Gasteiger partial charge in [-0.1, -0.05) is 12.1 Å². The van der Waals surface area contributed by atoms with E-state index in [-0.39, 0.29) is 6.03 Å². The Morgan fingerprint density at radius 3 is 2.21 bits per heavy atom. The molecule has 1 aliphatic heterocycles. The maximum atomic E-state index is 12.5. The van der Waals surface area contributed by atoms with Gasteiger partial charge in [-0.05, 0) is 37.5 Å². The van der Waals surface area contributed by atoms with Crippen molar-refractivity contribution in [1.29, 1.82) is 0 Å². The Labute approximate surface area is 137 Å². The smallest absolute Gasteiger partial charge is 0.416 e. The number of benzene rings is 1. The quantitative estimate of drug-likeness (QED) is 0.884. The summed E-state index contributed by atoms with van der Waals surface area (Å²) in [5.41, 5.74) is -0.169. The maximum Gasteiger partial charge on any atom is 0.416 e. The molecule has 0 bridgehead atoms. The fraction of sp³-hybridized carbons (Fsp3) is 0.500. The second-order valence-corrected chi connectivity index (χ2v) is 5.89. The van der Waals surface area contributed by atoms with Crippen molar-refractivity contribution in [1.82, 2.24) is 10.2 Å². The molecule has 2 rings (SSSR count). The summed E-state index contributed by atoms with van der Waals surface area (Å²) in [6.45, 7) is 2.38. The van der Waals surface area contributed by atoms with E-state index in [1.165, 1.54) is 17.0 Å². The van der Waals surface area contributed by atoms with Crippen LogP contribution in [0.25, 0.3) is 0 Å². The summed E-state index contributed by atoms with van der Waals surface area (Å²) < 4.78 is 37.6. The lowest BCUT2D eigenvalue weighted by Crippen LogP contribution is -2.46. The van der Waals surface area contributed by atoms with Crippen molar-refractivity contribution in [2.24, 2.45) is 5.92 Å². The molecule has 0 aliphatic carbocycles. The number of nitrogens with one attached hydrogen (secondary N) is 1. The summed E-state index contributed by atoms with van der Waals surface area (Å²) in [7, 11) is 0. The number of rotatable bonds is 3. The number of likely N-dealkylation sites (tertiary alicyclic amines) is 1. The van der Waals surface area contributed by atoms with Crippen LogP contribution in [0.5, 0.6) is 0 Å². The van der Waals surface area contributed by atoms with Crippen LogP contribution in [0.1, 0.15) is 36.9 Å². The Morgan fingerprint density at radius 1 is 1.21 bits per heavy atom. The van der Waals surface area contributed by atoms with E-state index in [1.54, 1.807) is 6.92 Å². The zero-order chi connectivity index (χ0) is 17.9. The monoisotopic (exact) mass is 344 g/mol. The minimum absolute atomic E-state index is 0.341. The lowest BCUT2D eigenvalue weighted by atomic mass is 9.97. The standard InChI is InChI=1S/C16H19F3N2O3/c1-10(11-2-4-13(5-3-11)16(17,18)19)20-15(24)21-8-6-12(7-9-21)14(22)23/h2-5,10,12H,6-9H2,1H3,(H,20,24)(H,22,23)/t10-/m1/s1. The van der Waals surface area contributed by atoms with Crippen LogP contribution in [0.3, 0.4) is 0 Å². The summed E-state index contributed by atoms with van der Waals surface area (Å²) >= 11 is 0. The van der Waals surface area contributed by atoms with Gasteiger partial charge < -0.3 is 15.3 Å². The highest BCUT2D eigenvalue weighted by Crippen LogP contribution is 2.30. The second kappa shape index (κ2) is 7.11. The van der Waals surface area contributed by atoms with E-state index in [0.29, 0.717) is 31.5 Å². The molecule has 1 heterocycles. The van der Waals surface area contributed by atoms with Crippen molar-refractivity contribution < 1.29 is 27.9 Å². The zero-order valence-corrected chi connectivity index (χ0v) is 13.1. The molecular formula is C16H19F3N2O3. The van der Waals surface area contributed by atoms with Gasteiger partial charge in [0.25, 0.3) is 0 Å². The summed E-state index contributed by atoms with van der Waals surface area (Å²) in [6.07, 6.45) is -3.59. The number of aliphatic carboxylic acids is 1. The molecule has 1 aromatic carbocycles. The number of urea groups is 1. The summed E-state index contributed by atoms with van der Waals surface area (Å²) in [5.74, 6) is -1.28. The largest absolute Gasteiger partial charge is 0.481 e. The zero-order valence-electron chi connectivity index (χ0n) is 13.1. The molecule has 2 amide bonds. The first-order valence-electron chi connectivity index (χ1n) is 7.64. The molecule has 132 valence electrons. The Hall–Kier alpha value is -2.25. The maximum absolute atomic E-state index is 12.5. The first-order chi connectivity index (χ1) is 11.2. The molecule has 8 heteroatoms. The van der Waals surface area contributed by atoms with Gasteiger partial charge in [0.2, 0.25) is 0 Å². The fourth-order valence-electron chi connectivity index (χ4n) is 2.65. The van der Waals surface area contributed by atoms with Gasteiger partial charge in [-0.3, -0.25) is 4.79 Å². The average molecular weight is 344 g/mol. The van der Waals surface area contributed by atoms with Crippen LogP contribution in [0, 0.1) is 5.92 Å². The number of carboxylic acids is 1. The number of carboxylic acid groups (broad SMARTS) is 1. The van der Waals surface area contributed by atoms with E-state index in [1.807, 2.05) is 0 Å². The molecule has 0 radical (unpaired) electrons. The van der Waals surface area contributed by atoms with Crippen LogP contribution in [0.4, 0.5) is 18.0 Å². The Kier molecular flexibility index (Phi) is 5.36. The average Bonchev–Trinajstić information content (AvgIpc) is 2.54. The predicted octanol–water partition coefficient (Wildman–Crippen LogP) is 3.27. The highest BCUT2D eigenvalue weighted by molar-refractivity contribution is 5.75. The third kappa shape index (κ3) is 4.39. The van der Waals surface area contributed by atoms with Gasteiger partial charge >= 0.3 is 18.2 Å². The summed E-state index contributed by atoms with van der Waals surface area (Å²) in [4.78, 5) is 24.6. The molecule has 1 aromatic rings. The van der Waals surface area contributed by atoms with Crippen LogP contribution in [0.15, 0.2) is 24.3 Å². The van der Waals surface area contributed by atoms with Gasteiger partial charge in [-0.25, -0.2) is 4.79 Å². The SMILES string of the molecule is C[C@@H](NC(=O)N1CCC(C(=O)O)CC1)c1ccc(C(F)(F)F)cc1. The fourth-order valence-corrected chi connectivity index (χ4v) is 2.65. The van der Waals surface area contributed by atoms with Crippen molar-refractivity contribution in [3.05, 3.63) is 35.4 Å². The number of hydrogen-bond donors (Lipinski definition) is 2. The van der Waals surface area contributed by atoms with Crippen molar-refractivity contribution in [2.45, 2.75) is 32.0 Å². The van der Waals surface area contributed by atoms with Crippen molar-refractivity contribution in [3.8, 4) is 0 Å². The van der Waals surface area contributed by atoms with E-state index in [4.69, 9.17) is 5.11 Å². The van der Waals surface area contributed by atoms with Gasteiger partial charge in [0.1, 0.15) is 0 Å². The third-order valence-corrected chi connectivity index (χ3v) is 4.21. The van der Waals surface area contributed by atoms with E-state index in [0.717, 1.165) is 12.1 Å². The molecule has 1 saturated heterocycles. The van der Waals surface area contributed by atoms with E-state index in [2.05, 4.69) is 5.32 Å². The van der Waals surface area contributed by atoms with Gasteiger partial charge in [0.15, 0.2) is 0 Å². The minimum Gasteiger partial charge on any atom is -0.481 e. The third-order valence-electron chi connectivity index (χ3n) is 4.21. The van der Waals surface area contributed by atoms with Gasteiger partial charge in [-0.15, -0.1) is 0 Å². The van der Waals surface area contributed by atoms with Crippen LogP contribution < -0.4 is 5.32 Å². The van der Waals surface area contributed by atoms with Crippen LogP contribution >= 0.6 is 0 Å². The second-order valence-electron chi connectivity index (χ2n) is 5.89. The first kappa shape index (κ1) is 18.1. The number of carbonyl (C=O) groups is 2. The van der Waals surface area contributed by atoms with E-state index < -0.39 is 29.7 Å². The van der Waals surface area contributed by atoms with Gasteiger partial charge in [0, 0.05) is 13.1 Å². The Morgan fingerprint density at radius 2 is 1.75 bits per heavy atom. The number of amides is 2. The van der Waals surface area contributed by atoms with Gasteiger partial charge in [-0.2, -0.15) is 13.2 Å². The highest BCUT2D eigenvalue weighted by Gasteiger charge is 2.30. The lowest BCUT2D eigenvalue weighted by molar-refractivity contribution is -0.143. The minimum atomic E-state index is -4.39. The van der Waals surface area contributed by atoms with Crippen molar-refractivity contribution in [2.75, 3.05) is 13.1 Å². The number of carbonyl (C=O) groups excluding carboxylic acids is 1. The normalized spacial score (nSPS) is 17.4. The number of hydrogen-bond acceptors (Lipinski definition) is 2. The molecule has 0 aromatic heterocycles. The predicted molar refractivity (Wildman–Crippen MR) is 80.3 cm³/mol. The Balaban J connectivity index is 1.91. The molecule has 1 aliphatic rings. The number of nitrogens with zero attached hydrogens (tertiary/aromatic N) is 1. The van der Waals surface area contributed by atoms with Crippen LogP contribution in [-0.2, 0) is 11.0 Å². The van der Waals surface area contributed by atoms with E-state index >= 15 is 0 Å². The van der Waals surface area contributed by atoms with Crippen molar-refractivity contribution in [3.63, 3.8) is 0 Å². The number of alkyl halides is 3. The topological polar surface area (TPSA) is 69.6 Å². The first-order valence-corrected chi connectivity index (χ1v) is 7.64. The number of piperidine rings is 1. The molecule has 0 spiro atoms. The summed E-state index contributed by atoms with van der Waals surface area (Å²) in [6, 6.07) is 3.85.